The first-order chi connectivity index (χ1) is 31.2. The van der Waals surface area contributed by atoms with Crippen molar-refractivity contribution >= 4 is 17.9 Å². The number of esters is 2. The van der Waals surface area contributed by atoms with Crippen molar-refractivity contribution in [3.05, 3.63) is 12.2 Å². The molecule has 6 atom stereocenters. The molecular formula is C53H98O11. The van der Waals surface area contributed by atoms with Crippen LogP contribution >= 0.6 is 0 Å². The maximum absolute atomic E-state index is 12.8. The molecule has 0 aromatic heterocycles. The first-order valence-electron chi connectivity index (χ1n) is 26.7. The van der Waals surface area contributed by atoms with E-state index in [9.17, 15) is 34.8 Å². The summed E-state index contributed by atoms with van der Waals surface area (Å²) in [7, 11) is 0. The van der Waals surface area contributed by atoms with E-state index in [2.05, 4.69) is 26.0 Å². The lowest BCUT2D eigenvalue weighted by molar-refractivity contribution is -0.298. The third-order valence-corrected chi connectivity index (χ3v) is 12.6. The minimum absolute atomic E-state index is 0.189. The molecule has 0 amide bonds. The molecule has 64 heavy (non-hydrogen) atoms. The van der Waals surface area contributed by atoms with E-state index >= 15 is 0 Å². The second-order valence-electron chi connectivity index (χ2n) is 18.7. The van der Waals surface area contributed by atoms with E-state index < -0.39 is 54.7 Å². The number of carboxylic acids is 1. The van der Waals surface area contributed by atoms with Crippen LogP contribution in [0, 0.1) is 0 Å². The number of carboxylic acid groups (broad SMARTS) is 1. The number of hydrogen-bond donors (Lipinski definition) is 4. The highest BCUT2D eigenvalue weighted by Crippen LogP contribution is 2.23. The average molecular weight is 911 g/mol. The van der Waals surface area contributed by atoms with Crippen LogP contribution in [-0.2, 0) is 33.3 Å². The van der Waals surface area contributed by atoms with Crippen molar-refractivity contribution in [3.8, 4) is 0 Å². The molecule has 1 aliphatic heterocycles. The minimum atomic E-state index is -1.86. The van der Waals surface area contributed by atoms with Crippen LogP contribution in [0.15, 0.2) is 12.2 Å². The van der Waals surface area contributed by atoms with Gasteiger partial charge in [-0.05, 0) is 38.5 Å². The summed E-state index contributed by atoms with van der Waals surface area (Å²) in [5.41, 5.74) is 0. The Morgan fingerprint density at radius 1 is 0.469 bits per heavy atom. The number of allylic oxidation sites excluding steroid dienone is 2. The maximum atomic E-state index is 12.8. The highest BCUT2D eigenvalue weighted by molar-refractivity contribution is 5.73. The third-order valence-electron chi connectivity index (χ3n) is 12.6. The number of aliphatic hydroxyl groups excluding tert-OH is 3. The quantitative estimate of drug-likeness (QED) is 0.0260. The molecule has 11 heteroatoms. The number of carbonyl (C=O) groups is 3. The fraction of sp³-hybridized carbons (Fsp3) is 0.906. The van der Waals surface area contributed by atoms with Crippen LogP contribution in [-0.4, -0.2) is 88.4 Å². The number of ether oxygens (including phenoxy) is 4. The monoisotopic (exact) mass is 911 g/mol. The third kappa shape index (κ3) is 34.3. The molecule has 11 nitrogen and oxygen atoms in total. The van der Waals surface area contributed by atoms with Crippen molar-refractivity contribution in [2.45, 2.75) is 295 Å². The van der Waals surface area contributed by atoms with Crippen molar-refractivity contribution in [2.75, 3.05) is 13.2 Å². The molecule has 0 spiro atoms. The van der Waals surface area contributed by atoms with Gasteiger partial charge >= 0.3 is 17.9 Å². The van der Waals surface area contributed by atoms with Gasteiger partial charge in [-0.25, -0.2) is 4.79 Å². The van der Waals surface area contributed by atoms with E-state index in [1.54, 1.807) is 0 Å². The molecule has 1 saturated heterocycles. The highest BCUT2D eigenvalue weighted by Gasteiger charge is 2.47. The predicted molar refractivity (Wildman–Crippen MR) is 257 cm³/mol. The van der Waals surface area contributed by atoms with Gasteiger partial charge in [0.25, 0.3) is 0 Å². The zero-order valence-electron chi connectivity index (χ0n) is 41.0. The maximum Gasteiger partial charge on any atom is 0.335 e. The van der Waals surface area contributed by atoms with E-state index in [4.69, 9.17) is 18.9 Å². The molecule has 4 N–H and O–H groups in total. The first kappa shape index (κ1) is 60.0. The number of aliphatic carboxylic acids is 1. The van der Waals surface area contributed by atoms with Gasteiger partial charge in [-0.2, -0.15) is 0 Å². The summed E-state index contributed by atoms with van der Waals surface area (Å²) in [5, 5.41) is 40.0. The Hall–Kier alpha value is -2.05. The van der Waals surface area contributed by atoms with Gasteiger partial charge < -0.3 is 39.4 Å². The highest BCUT2D eigenvalue weighted by atomic mass is 16.7. The Bertz CT molecular complexity index is 1120. The predicted octanol–water partition coefficient (Wildman–Crippen LogP) is 12.8. The Labute approximate surface area is 390 Å². The molecule has 1 aliphatic rings. The molecule has 0 aliphatic carbocycles. The van der Waals surface area contributed by atoms with Crippen LogP contribution in [0.1, 0.15) is 258 Å². The normalized spacial score (nSPS) is 19.3. The summed E-state index contributed by atoms with van der Waals surface area (Å²) in [6.45, 7) is 3.86. The van der Waals surface area contributed by atoms with E-state index in [0.29, 0.717) is 12.8 Å². The second-order valence-corrected chi connectivity index (χ2v) is 18.7. The van der Waals surface area contributed by atoms with Gasteiger partial charge in [0.05, 0.1) is 6.61 Å². The summed E-state index contributed by atoms with van der Waals surface area (Å²) in [6.07, 6.45) is 39.7. The van der Waals surface area contributed by atoms with Gasteiger partial charge in [0.1, 0.15) is 24.9 Å². The minimum Gasteiger partial charge on any atom is -0.479 e. The number of carbonyl (C=O) groups excluding carboxylic acids is 2. The molecule has 0 saturated carbocycles. The first-order valence-corrected chi connectivity index (χ1v) is 26.7. The van der Waals surface area contributed by atoms with E-state index in [1.165, 1.54) is 180 Å². The SMILES string of the molecule is CCCCCCCCCC/C=C\CCCCCCCCCCCC(=O)OCC(COC1OC(C(=O)O)C(O)C(O)C1O)OC(=O)CCCCCCCCCCCCCCCCCCC. The zero-order chi connectivity index (χ0) is 46.7. The number of hydrogen-bond acceptors (Lipinski definition) is 10. The van der Waals surface area contributed by atoms with Crippen LogP contribution in [0.25, 0.3) is 0 Å². The van der Waals surface area contributed by atoms with Gasteiger partial charge in [0.2, 0.25) is 0 Å². The molecule has 0 radical (unpaired) electrons. The molecule has 1 fully saturated rings. The van der Waals surface area contributed by atoms with Gasteiger partial charge in [-0.1, -0.05) is 219 Å². The molecule has 1 heterocycles. The smallest absolute Gasteiger partial charge is 0.335 e. The average Bonchev–Trinajstić information content (AvgIpc) is 3.28. The van der Waals surface area contributed by atoms with Crippen molar-refractivity contribution < 1.29 is 53.8 Å². The fourth-order valence-electron chi connectivity index (χ4n) is 8.41. The van der Waals surface area contributed by atoms with Crippen molar-refractivity contribution in [1.82, 2.24) is 0 Å². The molecule has 6 unspecified atom stereocenters. The number of rotatable bonds is 46. The lowest BCUT2D eigenvalue weighted by Crippen LogP contribution is -2.60. The fourth-order valence-corrected chi connectivity index (χ4v) is 8.41. The largest absolute Gasteiger partial charge is 0.479 e. The van der Waals surface area contributed by atoms with Gasteiger partial charge in [0.15, 0.2) is 18.5 Å². The molecular weight excluding hydrogens is 813 g/mol. The lowest BCUT2D eigenvalue weighted by Gasteiger charge is -2.38. The zero-order valence-corrected chi connectivity index (χ0v) is 41.0. The molecule has 0 aromatic rings. The summed E-state index contributed by atoms with van der Waals surface area (Å²) in [5.74, 6) is -2.42. The summed E-state index contributed by atoms with van der Waals surface area (Å²) >= 11 is 0. The van der Waals surface area contributed by atoms with Crippen LogP contribution in [0.2, 0.25) is 0 Å². The Morgan fingerprint density at radius 2 is 0.828 bits per heavy atom. The Balaban J connectivity index is 2.26. The number of unbranched alkanes of at least 4 members (excludes halogenated alkanes) is 33. The van der Waals surface area contributed by atoms with Crippen LogP contribution < -0.4 is 0 Å². The summed E-state index contributed by atoms with van der Waals surface area (Å²) < 4.78 is 21.9. The topological polar surface area (TPSA) is 169 Å². The van der Waals surface area contributed by atoms with Crippen molar-refractivity contribution in [1.29, 1.82) is 0 Å². The molecule has 376 valence electrons. The molecule has 0 aromatic carbocycles. The molecule has 1 rings (SSSR count). The van der Waals surface area contributed by atoms with Gasteiger partial charge in [0, 0.05) is 12.8 Å². The molecule has 0 bridgehead atoms. The van der Waals surface area contributed by atoms with E-state index in [-0.39, 0.29) is 26.1 Å². The van der Waals surface area contributed by atoms with E-state index in [1.807, 2.05) is 0 Å². The lowest BCUT2D eigenvalue weighted by atomic mass is 9.99. The van der Waals surface area contributed by atoms with Crippen LogP contribution in [0.3, 0.4) is 0 Å². The second kappa shape index (κ2) is 43.5. The standard InChI is InChI=1S/C53H98O11/c1-3-5-7-9-11-13-15-17-19-21-22-23-24-26-27-29-31-33-35-37-39-41-46(54)61-43-45(44-62-53-50(58)48(56)49(57)51(64-53)52(59)60)63-47(55)42-40-38-36-34-32-30-28-25-20-18-16-14-12-10-8-6-4-2/h21-22,45,48-51,53,56-58H,3-20,23-44H2,1-2H3,(H,59,60)/b22-21-. The van der Waals surface area contributed by atoms with Gasteiger partial charge in [-0.15, -0.1) is 0 Å². The summed E-state index contributed by atoms with van der Waals surface area (Å²) in [6, 6.07) is 0. The Kier molecular flexibility index (Phi) is 40.8. The van der Waals surface area contributed by atoms with Crippen LogP contribution in [0.4, 0.5) is 0 Å². The van der Waals surface area contributed by atoms with Crippen molar-refractivity contribution in [3.63, 3.8) is 0 Å². The van der Waals surface area contributed by atoms with Gasteiger partial charge in [-0.3, -0.25) is 9.59 Å². The number of aliphatic hydroxyl groups is 3. The van der Waals surface area contributed by atoms with E-state index in [0.717, 1.165) is 38.5 Å². The van der Waals surface area contributed by atoms with Crippen LogP contribution in [0.5, 0.6) is 0 Å². The van der Waals surface area contributed by atoms with Crippen molar-refractivity contribution in [2.24, 2.45) is 0 Å². The summed E-state index contributed by atoms with van der Waals surface area (Å²) in [4.78, 5) is 37.0. The Morgan fingerprint density at radius 3 is 1.22 bits per heavy atom.